The molecule has 1 amide bonds. The predicted molar refractivity (Wildman–Crippen MR) is 141 cm³/mol. The quantitative estimate of drug-likeness (QED) is 0.145. The minimum absolute atomic E-state index is 0.200. The molecule has 0 unspecified atom stereocenters. The van der Waals surface area contributed by atoms with Crippen LogP contribution in [0.4, 0.5) is 0 Å². The Labute approximate surface area is 215 Å². The Morgan fingerprint density at radius 2 is 1.76 bits per heavy atom. The highest BCUT2D eigenvalue weighted by molar-refractivity contribution is 8.01. The van der Waals surface area contributed by atoms with Crippen molar-refractivity contribution < 1.29 is 9.53 Å². The highest BCUT2D eigenvalue weighted by atomic mass is 35.5. The lowest BCUT2D eigenvalue weighted by Gasteiger charge is -2.09. The average molecular weight is 528 g/mol. The van der Waals surface area contributed by atoms with Crippen LogP contribution in [0.15, 0.2) is 87.6 Å². The second-order valence-corrected chi connectivity index (χ2v) is 9.90. The summed E-state index contributed by atoms with van der Waals surface area (Å²) < 4.78 is 6.60. The van der Waals surface area contributed by atoms with Gasteiger partial charge in [0.2, 0.25) is 0 Å². The first-order valence-corrected chi connectivity index (χ1v) is 12.8. The second-order valence-electron chi connectivity index (χ2n) is 7.00. The third-order valence-electron chi connectivity index (χ3n) is 4.61. The third-order valence-corrected chi connectivity index (χ3v) is 7.34. The Balaban J connectivity index is 1.22. The molecule has 1 heterocycles. The molecule has 0 fully saturated rings. The van der Waals surface area contributed by atoms with E-state index in [2.05, 4.69) is 15.5 Å². The van der Waals surface area contributed by atoms with Crippen LogP contribution >= 0.6 is 46.3 Å². The molecule has 1 aromatic heterocycles. The summed E-state index contributed by atoms with van der Waals surface area (Å²) >= 11 is 15.2. The van der Waals surface area contributed by atoms with Crippen LogP contribution in [0.3, 0.4) is 0 Å². The highest BCUT2D eigenvalue weighted by Crippen LogP contribution is 2.28. The second kappa shape index (κ2) is 12.0. The maximum Gasteiger partial charge on any atom is 0.250 e. The van der Waals surface area contributed by atoms with Crippen LogP contribution in [0.2, 0.25) is 10.0 Å². The molecule has 0 radical (unpaired) electrons. The van der Waals surface area contributed by atoms with Gasteiger partial charge in [-0.05, 0) is 42.0 Å². The molecule has 4 aromatic rings. The number of thiazole rings is 1. The number of benzene rings is 3. The third kappa shape index (κ3) is 6.84. The lowest BCUT2D eigenvalue weighted by atomic mass is 10.2. The number of amides is 1. The van der Waals surface area contributed by atoms with E-state index in [9.17, 15) is 4.79 Å². The molecular weight excluding hydrogens is 509 g/mol. The van der Waals surface area contributed by atoms with E-state index in [4.69, 9.17) is 27.9 Å². The summed E-state index contributed by atoms with van der Waals surface area (Å²) in [4.78, 5) is 16.7. The van der Waals surface area contributed by atoms with Crippen LogP contribution in [0.5, 0.6) is 5.75 Å². The van der Waals surface area contributed by atoms with Crippen molar-refractivity contribution in [3.8, 4) is 17.0 Å². The van der Waals surface area contributed by atoms with Crippen molar-refractivity contribution in [3.05, 3.63) is 99.3 Å². The summed E-state index contributed by atoms with van der Waals surface area (Å²) in [5.74, 6) is 0.706. The Morgan fingerprint density at radius 1 is 1.03 bits per heavy atom. The van der Waals surface area contributed by atoms with Gasteiger partial charge < -0.3 is 4.74 Å². The smallest absolute Gasteiger partial charge is 0.250 e. The fourth-order valence-corrected chi connectivity index (χ4v) is 5.01. The van der Waals surface area contributed by atoms with Crippen molar-refractivity contribution >= 4 is 58.4 Å². The van der Waals surface area contributed by atoms with E-state index in [1.165, 1.54) is 23.1 Å². The number of hydrazone groups is 1. The van der Waals surface area contributed by atoms with E-state index in [0.29, 0.717) is 15.8 Å². The molecule has 9 heteroatoms. The largest absolute Gasteiger partial charge is 0.489 e. The molecule has 172 valence electrons. The van der Waals surface area contributed by atoms with Crippen LogP contribution in [-0.2, 0) is 11.4 Å². The Kier molecular flexibility index (Phi) is 8.60. The van der Waals surface area contributed by atoms with E-state index in [-0.39, 0.29) is 18.3 Å². The van der Waals surface area contributed by atoms with Gasteiger partial charge in [0.15, 0.2) is 4.34 Å². The van der Waals surface area contributed by atoms with E-state index >= 15 is 0 Å². The molecule has 0 aliphatic carbocycles. The topological polar surface area (TPSA) is 63.6 Å². The highest BCUT2D eigenvalue weighted by Gasteiger charge is 2.08. The molecular formula is C25H19Cl2N3O2S2. The van der Waals surface area contributed by atoms with E-state index in [1.54, 1.807) is 24.4 Å². The molecule has 1 N–H and O–H groups in total. The van der Waals surface area contributed by atoms with Crippen LogP contribution < -0.4 is 10.2 Å². The number of ether oxygens (including phenoxy) is 1. The zero-order valence-electron chi connectivity index (χ0n) is 17.8. The van der Waals surface area contributed by atoms with Gasteiger partial charge in [-0.1, -0.05) is 71.4 Å². The molecule has 0 bridgehead atoms. The first-order chi connectivity index (χ1) is 16.6. The maximum atomic E-state index is 12.1. The maximum absolute atomic E-state index is 12.1. The van der Waals surface area contributed by atoms with Crippen molar-refractivity contribution in [2.24, 2.45) is 5.10 Å². The summed E-state index contributed by atoms with van der Waals surface area (Å²) in [6.07, 6.45) is 1.58. The van der Waals surface area contributed by atoms with Gasteiger partial charge in [0, 0.05) is 26.6 Å². The predicted octanol–water partition coefficient (Wildman–Crippen LogP) is 6.94. The van der Waals surface area contributed by atoms with E-state index in [1.807, 2.05) is 60.0 Å². The zero-order chi connectivity index (χ0) is 23.8. The number of halogens is 2. The standard InChI is InChI=1S/C25H19Cl2N3O2S2/c26-21-7-4-8-22(27)20(21)14-32-19-11-9-17(10-12-19)13-28-30-24(31)16-34-25-29-23(15-33-25)18-5-2-1-3-6-18/h1-13,15H,14,16H2,(H,30,31)/b28-13+. The molecule has 0 atom stereocenters. The molecule has 0 saturated heterocycles. The number of thioether (sulfide) groups is 1. The Morgan fingerprint density at radius 3 is 2.50 bits per heavy atom. The van der Waals surface area contributed by atoms with Crippen LogP contribution in [0.1, 0.15) is 11.1 Å². The van der Waals surface area contributed by atoms with Gasteiger partial charge in [-0.3, -0.25) is 4.79 Å². The van der Waals surface area contributed by atoms with Crippen LogP contribution in [0.25, 0.3) is 11.3 Å². The molecule has 0 spiro atoms. The molecule has 5 nitrogen and oxygen atoms in total. The van der Waals surface area contributed by atoms with Crippen molar-refractivity contribution in [3.63, 3.8) is 0 Å². The Bertz CT molecular complexity index is 1260. The van der Waals surface area contributed by atoms with Gasteiger partial charge in [0.05, 0.1) is 17.7 Å². The number of aromatic nitrogens is 1. The Hall–Kier alpha value is -2.84. The van der Waals surface area contributed by atoms with Crippen molar-refractivity contribution in [2.75, 3.05) is 5.75 Å². The fourth-order valence-electron chi connectivity index (χ4n) is 2.88. The van der Waals surface area contributed by atoms with Gasteiger partial charge in [0.25, 0.3) is 5.91 Å². The summed E-state index contributed by atoms with van der Waals surface area (Å²) in [7, 11) is 0. The first kappa shape index (κ1) is 24.3. The molecule has 3 aromatic carbocycles. The van der Waals surface area contributed by atoms with Crippen LogP contribution in [-0.4, -0.2) is 22.9 Å². The molecule has 0 aliphatic rings. The number of hydrogen-bond acceptors (Lipinski definition) is 6. The number of rotatable bonds is 9. The monoisotopic (exact) mass is 527 g/mol. The summed E-state index contributed by atoms with van der Waals surface area (Å²) in [6.45, 7) is 0.269. The van der Waals surface area contributed by atoms with Gasteiger partial charge in [-0.2, -0.15) is 5.10 Å². The van der Waals surface area contributed by atoms with Crippen molar-refractivity contribution in [2.45, 2.75) is 10.9 Å². The normalized spacial score (nSPS) is 11.0. The molecule has 0 aliphatic heterocycles. The average Bonchev–Trinajstić information content (AvgIpc) is 3.33. The van der Waals surface area contributed by atoms with E-state index < -0.39 is 0 Å². The lowest BCUT2D eigenvalue weighted by Crippen LogP contribution is -2.19. The van der Waals surface area contributed by atoms with E-state index in [0.717, 1.165) is 26.7 Å². The number of hydrogen-bond donors (Lipinski definition) is 1. The molecule has 4 rings (SSSR count). The summed E-state index contributed by atoms with van der Waals surface area (Å²) in [5.41, 5.74) is 6.07. The number of carbonyl (C=O) groups is 1. The minimum Gasteiger partial charge on any atom is -0.489 e. The molecule has 0 saturated carbocycles. The lowest BCUT2D eigenvalue weighted by molar-refractivity contribution is -0.118. The minimum atomic E-state index is -0.200. The van der Waals surface area contributed by atoms with Gasteiger partial charge in [-0.25, -0.2) is 10.4 Å². The van der Waals surface area contributed by atoms with Crippen molar-refractivity contribution in [1.29, 1.82) is 0 Å². The number of carbonyl (C=O) groups excluding carboxylic acids is 1. The van der Waals surface area contributed by atoms with Crippen LogP contribution in [0, 0.1) is 0 Å². The summed E-state index contributed by atoms with van der Waals surface area (Å²) in [5, 5.41) is 7.15. The fraction of sp³-hybridized carbons (Fsp3) is 0.0800. The van der Waals surface area contributed by atoms with Gasteiger partial charge in [0.1, 0.15) is 12.4 Å². The zero-order valence-corrected chi connectivity index (χ0v) is 20.9. The van der Waals surface area contributed by atoms with Gasteiger partial charge in [-0.15, -0.1) is 11.3 Å². The molecule has 34 heavy (non-hydrogen) atoms. The first-order valence-electron chi connectivity index (χ1n) is 10.2. The number of nitrogens with zero attached hydrogens (tertiary/aromatic N) is 2. The van der Waals surface area contributed by atoms with Gasteiger partial charge >= 0.3 is 0 Å². The van der Waals surface area contributed by atoms with Crippen molar-refractivity contribution in [1.82, 2.24) is 10.4 Å². The SMILES string of the molecule is O=C(CSc1nc(-c2ccccc2)cs1)N/N=C/c1ccc(OCc2c(Cl)cccc2Cl)cc1. The summed E-state index contributed by atoms with van der Waals surface area (Å²) in [6, 6.07) is 22.6. The number of nitrogens with one attached hydrogen (secondary N) is 1.